The highest BCUT2D eigenvalue weighted by Gasteiger charge is 2.33. The zero-order valence-electron chi connectivity index (χ0n) is 7.66. The number of rotatable bonds is 2. The monoisotopic (exact) mass is 346 g/mol. The molecular weight excluding hydrogens is 341 g/mol. The third-order valence-corrected chi connectivity index (χ3v) is 2.90. The largest absolute Gasteiger partial charge is 0.493 e. The molecular formula is C9H7Br2F3O. The molecule has 0 spiro atoms. The van der Waals surface area contributed by atoms with Crippen LogP contribution < -0.4 is 4.74 Å². The number of hydrogen-bond acceptors (Lipinski definition) is 1. The van der Waals surface area contributed by atoms with Gasteiger partial charge >= 0.3 is 6.18 Å². The fraction of sp³-hybridized carbons (Fsp3) is 0.333. The smallest absolute Gasteiger partial charge is 0.417 e. The quantitative estimate of drug-likeness (QED) is 0.758. The molecule has 0 radical (unpaired) electrons. The summed E-state index contributed by atoms with van der Waals surface area (Å²) in [6.45, 7) is 2.03. The summed E-state index contributed by atoms with van der Waals surface area (Å²) in [5, 5.41) is 0. The van der Waals surface area contributed by atoms with Crippen LogP contribution in [0.25, 0.3) is 0 Å². The molecule has 1 aromatic carbocycles. The molecule has 1 rings (SSSR count). The van der Waals surface area contributed by atoms with E-state index in [0.717, 1.165) is 6.07 Å². The fourth-order valence-corrected chi connectivity index (χ4v) is 2.35. The minimum atomic E-state index is -4.38. The lowest BCUT2D eigenvalue weighted by molar-refractivity contribution is -0.138. The zero-order valence-corrected chi connectivity index (χ0v) is 10.8. The van der Waals surface area contributed by atoms with Gasteiger partial charge in [-0.1, -0.05) is 15.9 Å². The normalized spacial score (nSPS) is 11.6. The second kappa shape index (κ2) is 4.74. The molecule has 0 aromatic heterocycles. The van der Waals surface area contributed by atoms with Gasteiger partial charge in [-0.3, -0.25) is 0 Å². The van der Waals surface area contributed by atoms with Crippen molar-refractivity contribution >= 4 is 31.9 Å². The lowest BCUT2D eigenvalue weighted by atomic mass is 10.2. The molecule has 0 atom stereocenters. The van der Waals surface area contributed by atoms with Gasteiger partial charge in [0, 0.05) is 4.47 Å². The molecule has 0 aliphatic heterocycles. The molecule has 1 nitrogen and oxygen atoms in total. The first-order chi connectivity index (χ1) is 6.86. The van der Waals surface area contributed by atoms with Gasteiger partial charge < -0.3 is 4.74 Å². The van der Waals surface area contributed by atoms with Crippen molar-refractivity contribution in [1.29, 1.82) is 0 Å². The van der Waals surface area contributed by atoms with E-state index < -0.39 is 11.7 Å². The maximum absolute atomic E-state index is 12.5. The average Bonchev–Trinajstić information content (AvgIpc) is 2.07. The number of alkyl halides is 3. The highest BCUT2D eigenvalue weighted by molar-refractivity contribution is 9.11. The summed E-state index contributed by atoms with van der Waals surface area (Å²) < 4.78 is 43.0. The van der Waals surface area contributed by atoms with E-state index >= 15 is 0 Å². The molecule has 0 amide bonds. The topological polar surface area (TPSA) is 9.23 Å². The Kier molecular flexibility index (Phi) is 4.06. The molecule has 84 valence electrons. The average molecular weight is 348 g/mol. The van der Waals surface area contributed by atoms with Crippen LogP contribution in [-0.4, -0.2) is 6.61 Å². The van der Waals surface area contributed by atoms with E-state index in [4.69, 9.17) is 4.74 Å². The summed E-state index contributed by atoms with van der Waals surface area (Å²) in [4.78, 5) is 0. The predicted octanol–water partition coefficient (Wildman–Crippen LogP) is 4.63. The SMILES string of the molecule is CCOc1cc(C(F)(F)F)c(Br)cc1Br. The van der Waals surface area contributed by atoms with Crippen LogP contribution in [0.2, 0.25) is 0 Å². The van der Waals surface area contributed by atoms with Gasteiger partial charge in [-0.15, -0.1) is 0 Å². The number of hydrogen-bond donors (Lipinski definition) is 0. The standard InChI is InChI=1S/C9H7Br2F3O/c1-2-15-8-3-5(9(12,13)14)6(10)4-7(8)11/h3-4H,2H2,1H3. The summed E-state index contributed by atoms with van der Waals surface area (Å²) in [6.07, 6.45) is -4.38. The highest BCUT2D eigenvalue weighted by atomic mass is 79.9. The first-order valence-corrected chi connectivity index (χ1v) is 5.64. The van der Waals surface area contributed by atoms with E-state index in [9.17, 15) is 13.2 Å². The molecule has 0 unspecified atom stereocenters. The van der Waals surface area contributed by atoms with E-state index in [-0.39, 0.29) is 10.2 Å². The fourth-order valence-electron chi connectivity index (χ4n) is 1.01. The van der Waals surface area contributed by atoms with Crippen LogP contribution >= 0.6 is 31.9 Å². The second-order valence-corrected chi connectivity index (χ2v) is 4.40. The van der Waals surface area contributed by atoms with Crippen LogP contribution in [0, 0.1) is 0 Å². The molecule has 0 heterocycles. The van der Waals surface area contributed by atoms with E-state index in [0.29, 0.717) is 11.1 Å². The van der Waals surface area contributed by atoms with Gasteiger partial charge in [0.1, 0.15) is 5.75 Å². The lowest BCUT2D eigenvalue weighted by Gasteiger charge is -2.13. The van der Waals surface area contributed by atoms with Gasteiger partial charge in [0.2, 0.25) is 0 Å². The minimum Gasteiger partial charge on any atom is -0.493 e. The van der Waals surface area contributed by atoms with Crippen LogP contribution in [0.1, 0.15) is 12.5 Å². The summed E-state index contributed by atoms with van der Waals surface area (Å²) in [5.74, 6) is 0.188. The van der Waals surface area contributed by atoms with E-state index in [2.05, 4.69) is 31.9 Å². The van der Waals surface area contributed by atoms with Crippen molar-refractivity contribution in [1.82, 2.24) is 0 Å². The van der Waals surface area contributed by atoms with E-state index in [1.165, 1.54) is 6.07 Å². The van der Waals surface area contributed by atoms with Crippen molar-refractivity contribution in [3.63, 3.8) is 0 Å². The van der Waals surface area contributed by atoms with Crippen molar-refractivity contribution in [2.75, 3.05) is 6.61 Å². The van der Waals surface area contributed by atoms with Gasteiger partial charge in [0.05, 0.1) is 16.6 Å². The maximum atomic E-state index is 12.5. The number of ether oxygens (including phenoxy) is 1. The van der Waals surface area contributed by atoms with Gasteiger partial charge in [0.15, 0.2) is 0 Å². The van der Waals surface area contributed by atoms with Crippen LogP contribution in [0.15, 0.2) is 21.1 Å². The zero-order chi connectivity index (χ0) is 11.6. The molecule has 0 bridgehead atoms. The summed E-state index contributed by atoms with van der Waals surface area (Å²) in [6, 6.07) is 2.30. The Hall–Kier alpha value is -0.230. The Morgan fingerprint density at radius 2 is 1.80 bits per heavy atom. The van der Waals surface area contributed by atoms with Crippen molar-refractivity contribution in [3.05, 3.63) is 26.6 Å². The van der Waals surface area contributed by atoms with E-state index in [1.54, 1.807) is 6.92 Å². The first-order valence-electron chi connectivity index (χ1n) is 4.05. The summed E-state index contributed by atoms with van der Waals surface area (Å²) >= 11 is 5.99. The Bertz CT molecular complexity index is 363. The minimum absolute atomic E-state index is 0.00896. The Balaban J connectivity index is 3.23. The molecule has 0 fully saturated rings. The molecule has 0 aliphatic carbocycles. The van der Waals surface area contributed by atoms with Crippen LogP contribution in [0.5, 0.6) is 5.75 Å². The van der Waals surface area contributed by atoms with Crippen LogP contribution in [0.4, 0.5) is 13.2 Å². The van der Waals surface area contributed by atoms with Crippen LogP contribution in [0.3, 0.4) is 0 Å². The Morgan fingerprint density at radius 3 is 2.27 bits per heavy atom. The molecule has 0 saturated carbocycles. The molecule has 0 N–H and O–H groups in total. The predicted molar refractivity (Wildman–Crippen MR) is 58.0 cm³/mol. The van der Waals surface area contributed by atoms with Gasteiger partial charge in [-0.2, -0.15) is 13.2 Å². The third kappa shape index (κ3) is 3.11. The first kappa shape index (κ1) is 12.8. The van der Waals surface area contributed by atoms with Gasteiger partial charge in [-0.25, -0.2) is 0 Å². The molecule has 1 aromatic rings. The summed E-state index contributed by atoms with van der Waals surface area (Å²) in [7, 11) is 0. The van der Waals surface area contributed by atoms with Crippen molar-refractivity contribution in [2.45, 2.75) is 13.1 Å². The van der Waals surface area contributed by atoms with E-state index in [1.807, 2.05) is 0 Å². The molecule has 0 aliphatic rings. The number of halogens is 5. The van der Waals surface area contributed by atoms with Crippen molar-refractivity contribution in [2.24, 2.45) is 0 Å². The van der Waals surface area contributed by atoms with Crippen molar-refractivity contribution < 1.29 is 17.9 Å². The molecule has 6 heteroatoms. The van der Waals surface area contributed by atoms with Gasteiger partial charge in [0.25, 0.3) is 0 Å². The Morgan fingerprint density at radius 1 is 1.20 bits per heavy atom. The molecule has 15 heavy (non-hydrogen) atoms. The Labute approximate surface area is 102 Å². The van der Waals surface area contributed by atoms with Gasteiger partial charge in [-0.05, 0) is 35.0 Å². The maximum Gasteiger partial charge on any atom is 0.417 e. The highest BCUT2D eigenvalue weighted by Crippen LogP contribution is 2.40. The third-order valence-electron chi connectivity index (χ3n) is 1.63. The summed E-state index contributed by atoms with van der Waals surface area (Å²) in [5.41, 5.74) is -0.742. The lowest BCUT2D eigenvalue weighted by Crippen LogP contribution is -2.07. The second-order valence-electron chi connectivity index (χ2n) is 2.69. The number of benzene rings is 1. The van der Waals surface area contributed by atoms with Crippen molar-refractivity contribution in [3.8, 4) is 5.75 Å². The van der Waals surface area contributed by atoms with Crippen LogP contribution in [-0.2, 0) is 6.18 Å². The molecule has 0 saturated heterocycles.